The first-order valence-electron chi connectivity index (χ1n) is 10.8. The van der Waals surface area contributed by atoms with E-state index in [1.165, 1.54) is 23.3 Å². The summed E-state index contributed by atoms with van der Waals surface area (Å²) >= 11 is 7.49. The molecule has 1 fully saturated rings. The Morgan fingerprint density at radius 2 is 1.76 bits per heavy atom. The van der Waals surface area contributed by atoms with Crippen molar-refractivity contribution >= 4 is 46.1 Å². The fourth-order valence-electron chi connectivity index (χ4n) is 4.12. The normalized spacial score (nSPS) is 17.9. The highest BCUT2D eigenvalue weighted by Gasteiger charge is 2.48. The van der Waals surface area contributed by atoms with E-state index in [1.54, 1.807) is 30.3 Å². The Kier molecular flexibility index (Phi) is 6.32. The minimum atomic E-state index is -0.774. The molecule has 0 saturated carbocycles. The lowest BCUT2D eigenvalue weighted by Gasteiger charge is -2.25. The van der Waals surface area contributed by atoms with Gasteiger partial charge in [0.2, 0.25) is 0 Å². The molecule has 34 heavy (non-hydrogen) atoms. The molecule has 2 aromatic carbocycles. The van der Waals surface area contributed by atoms with Crippen LogP contribution in [0.25, 0.3) is 5.76 Å². The molecule has 1 N–H and O–H groups in total. The zero-order valence-electron chi connectivity index (χ0n) is 19.7. The molecule has 4 rings (SSSR count). The second-order valence-corrected chi connectivity index (χ2v) is 10.7. The number of ketones is 1. The van der Waals surface area contributed by atoms with Crippen LogP contribution < -0.4 is 9.64 Å². The standard InChI is InChI=1S/C27H26ClNO4S/c1-15-12-13-34-25(15)22-21(24(31)26(32)29(22)18-9-7-17(28)8-10-18)23(30)19-14-16(27(2,3)4)6-11-20(19)33-5/h6-14,22,30H,1-5H3/b23-21+. The summed E-state index contributed by atoms with van der Waals surface area (Å²) in [5, 5.41) is 14.0. The predicted octanol–water partition coefficient (Wildman–Crippen LogP) is 6.64. The van der Waals surface area contributed by atoms with Crippen LogP contribution in [0.2, 0.25) is 5.02 Å². The van der Waals surface area contributed by atoms with Gasteiger partial charge in [-0.3, -0.25) is 14.5 Å². The van der Waals surface area contributed by atoms with Crippen LogP contribution in [0.3, 0.4) is 0 Å². The molecular formula is C27H26ClNO4S. The van der Waals surface area contributed by atoms with E-state index < -0.39 is 17.7 Å². The van der Waals surface area contributed by atoms with Gasteiger partial charge in [-0.25, -0.2) is 0 Å². The number of hydrogen-bond acceptors (Lipinski definition) is 5. The van der Waals surface area contributed by atoms with Gasteiger partial charge < -0.3 is 9.84 Å². The molecule has 1 aliphatic heterocycles. The number of amides is 1. The van der Waals surface area contributed by atoms with Crippen molar-refractivity contribution in [1.29, 1.82) is 0 Å². The summed E-state index contributed by atoms with van der Waals surface area (Å²) in [6.07, 6.45) is 0. The van der Waals surface area contributed by atoms with Gasteiger partial charge in [0.1, 0.15) is 17.6 Å². The smallest absolute Gasteiger partial charge is 0.300 e. The molecule has 0 radical (unpaired) electrons. The molecule has 176 valence electrons. The first-order chi connectivity index (χ1) is 16.0. The summed E-state index contributed by atoms with van der Waals surface area (Å²) in [4.78, 5) is 28.9. The van der Waals surface area contributed by atoms with Gasteiger partial charge in [0.25, 0.3) is 11.7 Å². The van der Waals surface area contributed by atoms with Gasteiger partial charge in [-0.05, 0) is 71.3 Å². The van der Waals surface area contributed by atoms with E-state index in [1.807, 2.05) is 30.5 Å². The van der Waals surface area contributed by atoms with E-state index in [-0.39, 0.29) is 16.7 Å². The number of thiophene rings is 1. The monoisotopic (exact) mass is 495 g/mol. The number of benzene rings is 2. The number of aliphatic hydroxyl groups is 1. The van der Waals surface area contributed by atoms with Crippen molar-refractivity contribution in [3.8, 4) is 5.75 Å². The van der Waals surface area contributed by atoms with Crippen molar-refractivity contribution < 1.29 is 19.4 Å². The Hall–Kier alpha value is -3.09. The topological polar surface area (TPSA) is 66.8 Å². The highest BCUT2D eigenvalue weighted by atomic mass is 35.5. The zero-order valence-corrected chi connectivity index (χ0v) is 21.3. The summed E-state index contributed by atoms with van der Waals surface area (Å²) in [5.41, 5.74) is 2.64. The summed E-state index contributed by atoms with van der Waals surface area (Å²) in [6, 6.07) is 13.4. The van der Waals surface area contributed by atoms with E-state index >= 15 is 0 Å². The van der Waals surface area contributed by atoms with E-state index in [9.17, 15) is 14.7 Å². The van der Waals surface area contributed by atoms with Crippen molar-refractivity contribution in [3.05, 3.63) is 86.1 Å². The molecular weight excluding hydrogens is 470 g/mol. The zero-order chi connectivity index (χ0) is 24.8. The fourth-order valence-corrected chi connectivity index (χ4v) is 5.27. The molecule has 1 amide bonds. The maximum atomic E-state index is 13.4. The number of hydrogen-bond donors (Lipinski definition) is 1. The lowest BCUT2D eigenvalue weighted by molar-refractivity contribution is -0.132. The van der Waals surface area contributed by atoms with Gasteiger partial charge in [-0.15, -0.1) is 11.3 Å². The number of carbonyl (C=O) groups excluding carboxylic acids is 2. The SMILES string of the molecule is COc1ccc(C(C)(C)C)cc1/C(O)=C1\C(=O)C(=O)N(c2ccc(Cl)cc2)C1c1sccc1C. The minimum absolute atomic E-state index is 0.0369. The molecule has 0 bridgehead atoms. The van der Waals surface area contributed by atoms with Crippen molar-refractivity contribution in [1.82, 2.24) is 0 Å². The average Bonchev–Trinajstić information content (AvgIpc) is 3.33. The molecule has 1 atom stereocenters. The first kappa shape index (κ1) is 24.0. The molecule has 0 aliphatic carbocycles. The highest BCUT2D eigenvalue weighted by Crippen LogP contribution is 2.46. The number of methoxy groups -OCH3 is 1. The van der Waals surface area contributed by atoms with Crippen LogP contribution in [-0.2, 0) is 15.0 Å². The third-order valence-electron chi connectivity index (χ3n) is 6.02. The van der Waals surface area contributed by atoms with Gasteiger partial charge in [0.15, 0.2) is 0 Å². The van der Waals surface area contributed by atoms with Crippen molar-refractivity contribution in [2.45, 2.75) is 39.2 Å². The van der Waals surface area contributed by atoms with E-state index in [2.05, 4.69) is 20.8 Å². The van der Waals surface area contributed by atoms with Gasteiger partial charge >= 0.3 is 0 Å². The maximum absolute atomic E-state index is 13.4. The number of carbonyl (C=O) groups is 2. The van der Waals surface area contributed by atoms with Crippen molar-refractivity contribution in [2.75, 3.05) is 12.0 Å². The average molecular weight is 496 g/mol. The quantitative estimate of drug-likeness (QED) is 0.250. The Morgan fingerprint density at radius 3 is 2.32 bits per heavy atom. The number of Topliss-reactive ketones (excluding diaryl/α,β-unsaturated/α-hetero) is 1. The Balaban J connectivity index is 1.99. The van der Waals surface area contributed by atoms with Gasteiger partial charge in [-0.1, -0.05) is 38.4 Å². The fraction of sp³-hybridized carbons (Fsp3) is 0.259. The second kappa shape index (κ2) is 8.93. The number of halogens is 1. The summed E-state index contributed by atoms with van der Waals surface area (Å²) in [7, 11) is 1.51. The first-order valence-corrected chi connectivity index (χ1v) is 12.1. The van der Waals surface area contributed by atoms with Gasteiger partial charge in [-0.2, -0.15) is 0 Å². The molecule has 1 unspecified atom stereocenters. The summed E-state index contributed by atoms with van der Waals surface area (Å²) < 4.78 is 5.51. The molecule has 1 aromatic heterocycles. The minimum Gasteiger partial charge on any atom is -0.507 e. The molecule has 3 aromatic rings. The van der Waals surface area contributed by atoms with Crippen LogP contribution in [0, 0.1) is 6.92 Å². The number of ether oxygens (including phenoxy) is 1. The number of rotatable bonds is 4. The largest absolute Gasteiger partial charge is 0.507 e. The third-order valence-corrected chi connectivity index (χ3v) is 7.34. The Labute approximate surface area is 208 Å². The Morgan fingerprint density at radius 1 is 1.09 bits per heavy atom. The Bertz CT molecular complexity index is 1300. The van der Waals surface area contributed by atoms with Crippen LogP contribution >= 0.6 is 22.9 Å². The van der Waals surface area contributed by atoms with Crippen LogP contribution in [0.1, 0.15) is 48.4 Å². The molecule has 0 spiro atoms. The third kappa shape index (κ3) is 4.12. The number of anilines is 1. The predicted molar refractivity (Wildman–Crippen MR) is 137 cm³/mol. The van der Waals surface area contributed by atoms with Gasteiger partial charge in [0.05, 0.1) is 18.2 Å². The molecule has 2 heterocycles. The van der Waals surface area contributed by atoms with E-state index in [0.29, 0.717) is 22.0 Å². The molecule has 5 nitrogen and oxygen atoms in total. The number of nitrogens with zero attached hydrogens (tertiary/aromatic N) is 1. The molecule has 1 saturated heterocycles. The lowest BCUT2D eigenvalue weighted by atomic mass is 9.85. The summed E-state index contributed by atoms with van der Waals surface area (Å²) in [5.74, 6) is -1.28. The van der Waals surface area contributed by atoms with Crippen molar-refractivity contribution in [3.63, 3.8) is 0 Å². The highest BCUT2D eigenvalue weighted by molar-refractivity contribution is 7.10. The number of aryl methyl sites for hydroxylation is 1. The van der Waals surface area contributed by atoms with Crippen LogP contribution in [-0.4, -0.2) is 23.9 Å². The van der Waals surface area contributed by atoms with Crippen molar-refractivity contribution in [2.24, 2.45) is 0 Å². The molecule has 7 heteroatoms. The van der Waals surface area contributed by atoms with Gasteiger partial charge in [0, 0.05) is 15.6 Å². The lowest BCUT2D eigenvalue weighted by Crippen LogP contribution is -2.29. The van der Waals surface area contributed by atoms with E-state index in [0.717, 1.165) is 16.0 Å². The summed E-state index contributed by atoms with van der Waals surface area (Å²) in [6.45, 7) is 8.11. The van der Waals surface area contributed by atoms with Crippen LogP contribution in [0.15, 0.2) is 59.5 Å². The number of aliphatic hydroxyl groups excluding tert-OH is 1. The van der Waals surface area contributed by atoms with E-state index in [4.69, 9.17) is 16.3 Å². The van der Waals surface area contributed by atoms with Crippen LogP contribution in [0.4, 0.5) is 5.69 Å². The van der Waals surface area contributed by atoms with Crippen LogP contribution in [0.5, 0.6) is 5.75 Å². The second-order valence-electron chi connectivity index (χ2n) is 9.28. The molecule has 1 aliphatic rings. The maximum Gasteiger partial charge on any atom is 0.300 e.